The molecule has 1 rings (SSSR count). The summed E-state index contributed by atoms with van der Waals surface area (Å²) in [5.74, 6) is 0.0306. The van der Waals surface area contributed by atoms with Gasteiger partial charge in [0.1, 0.15) is 5.60 Å². The molecule has 1 saturated carbocycles. The minimum absolute atomic E-state index is 0.0306. The van der Waals surface area contributed by atoms with Gasteiger partial charge in [0.25, 0.3) is 0 Å². The lowest BCUT2D eigenvalue weighted by molar-refractivity contribution is -0.131. The van der Waals surface area contributed by atoms with Crippen molar-refractivity contribution in [3.63, 3.8) is 0 Å². The number of nitrogens with zero attached hydrogens (tertiary/aromatic N) is 1. The zero-order valence-electron chi connectivity index (χ0n) is 22.4. The number of likely N-dealkylation sites (N-methyl/N-ethyl adjacent to an activating group) is 1. The number of nitrogens with one attached hydrogen (secondary N) is 2. The SMILES string of the molecule is CC/C(=C\COCCN(C)C(=O)CCOCCOCCOCCNC(=O)OC(C)(C)C)NC1CC1. The maximum absolute atomic E-state index is 12.1. The quantitative estimate of drug-likeness (QED) is 0.245. The lowest BCUT2D eigenvalue weighted by Crippen LogP contribution is -2.34. The number of hydrogen-bond donors (Lipinski definition) is 2. The lowest BCUT2D eigenvalue weighted by Gasteiger charge is -2.19. The Morgan fingerprint density at radius 1 is 0.943 bits per heavy atom. The molecule has 1 fully saturated rings. The predicted molar refractivity (Wildman–Crippen MR) is 134 cm³/mol. The van der Waals surface area contributed by atoms with Gasteiger partial charge in [-0.05, 0) is 46.1 Å². The molecule has 0 bridgehead atoms. The van der Waals surface area contributed by atoms with Gasteiger partial charge < -0.3 is 39.2 Å². The third-order valence-electron chi connectivity index (χ3n) is 4.91. The molecule has 2 N–H and O–H groups in total. The van der Waals surface area contributed by atoms with Crippen LogP contribution < -0.4 is 10.6 Å². The van der Waals surface area contributed by atoms with Crippen LogP contribution in [-0.2, 0) is 28.5 Å². The van der Waals surface area contributed by atoms with E-state index in [1.165, 1.54) is 18.5 Å². The van der Waals surface area contributed by atoms with Crippen molar-refractivity contribution < 1.29 is 33.3 Å². The topological polar surface area (TPSA) is 108 Å². The summed E-state index contributed by atoms with van der Waals surface area (Å²) in [5, 5.41) is 6.12. The molecule has 0 heterocycles. The highest BCUT2D eigenvalue weighted by molar-refractivity contribution is 5.75. The monoisotopic (exact) mass is 501 g/mol. The van der Waals surface area contributed by atoms with E-state index in [0.29, 0.717) is 78.4 Å². The fourth-order valence-electron chi connectivity index (χ4n) is 2.80. The number of ether oxygens (including phenoxy) is 5. The number of hydrogen-bond acceptors (Lipinski definition) is 8. The van der Waals surface area contributed by atoms with Crippen LogP contribution >= 0.6 is 0 Å². The molecule has 0 saturated heterocycles. The Balaban J connectivity index is 1.87. The smallest absolute Gasteiger partial charge is 0.407 e. The van der Waals surface area contributed by atoms with Crippen LogP contribution in [0, 0.1) is 0 Å². The van der Waals surface area contributed by atoms with E-state index < -0.39 is 11.7 Å². The van der Waals surface area contributed by atoms with Gasteiger partial charge in [0.15, 0.2) is 0 Å². The third kappa shape index (κ3) is 19.0. The first kappa shape index (κ1) is 31.2. The Labute approximate surface area is 211 Å². The summed E-state index contributed by atoms with van der Waals surface area (Å²) >= 11 is 0. The summed E-state index contributed by atoms with van der Waals surface area (Å²) in [5.41, 5.74) is 0.723. The molecule has 1 aliphatic rings. The second kappa shape index (κ2) is 18.4. The van der Waals surface area contributed by atoms with Gasteiger partial charge in [0.2, 0.25) is 5.91 Å². The molecular formula is C25H47N3O7. The van der Waals surface area contributed by atoms with Crippen molar-refractivity contribution in [2.45, 2.75) is 65.0 Å². The molecular weight excluding hydrogens is 454 g/mol. The zero-order chi connectivity index (χ0) is 25.9. The molecule has 1 aliphatic carbocycles. The Kier molecular flexibility index (Phi) is 16.4. The van der Waals surface area contributed by atoms with Gasteiger partial charge in [-0.1, -0.05) is 6.92 Å². The molecule has 0 aromatic carbocycles. The van der Waals surface area contributed by atoms with E-state index in [1.54, 1.807) is 11.9 Å². The van der Waals surface area contributed by atoms with Crippen molar-refractivity contribution in [3.8, 4) is 0 Å². The largest absolute Gasteiger partial charge is 0.444 e. The maximum atomic E-state index is 12.1. The van der Waals surface area contributed by atoms with Crippen molar-refractivity contribution in [1.29, 1.82) is 0 Å². The van der Waals surface area contributed by atoms with Gasteiger partial charge in [0.05, 0.1) is 59.3 Å². The van der Waals surface area contributed by atoms with E-state index in [1.807, 2.05) is 20.8 Å². The number of allylic oxidation sites excluding steroid dienone is 1. The van der Waals surface area contributed by atoms with Crippen molar-refractivity contribution in [1.82, 2.24) is 15.5 Å². The number of carbonyl (C=O) groups is 2. The number of carbonyl (C=O) groups excluding carboxylic acids is 2. The number of alkyl carbamates (subject to hydrolysis) is 1. The summed E-state index contributed by atoms with van der Waals surface area (Å²) in [6.45, 7) is 12.0. The normalized spacial score (nSPS) is 14.0. The first-order chi connectivity index (χ1) is 16.7. The van der Waals surface area contributed by atoms with E-state index in [4.69, 9.17) is 23.7 Å². The van der Waals surface area contributed by atoms with Crippen LogP contribution in [0.1, 0.15) is 53.4 Å². The molecule has 10 nitrogen and oxygen atoms in total. The van der Waals surface area contributed by atoms with Crippen molar-refractivity contribution in [2.75, 3.05) is 73.0 Å². The number of amides is 2. The average molecular weight is 502 g/mol. The summed E-state index contributed by atoms with van der Waals surface area (Å²) in [6.07, 6.45) is 5.46. The van der Waals surface area contributed by atoms with Crippen molar-refractivity contribution in [3.05, 3.63) is 11.8 Å². The molecule has 0 aliphatic heterocycles. The zero-order valence-corrected chi connectivity index (χ0v) is 22.4. The molecule has 10 heteroatoms. The second-order valence-corrected chi connectivity index (χ2v) is 9.41. The predicted octanol–water partition coefficient (Wildman–Crippen LogP) is 2.47. The Hall–Kier alpha value is -1.88. The van der Waals surface area contributed by atoms with Gasteiger partial charge in [-0.15, -0.1) is 0 Å². The van der Waals surface area contributed by atoms with Gasteiger partial charge in [-0.2, -0.15) is 0 Å². The molecule has 0 aromatic heterocycles. The Bertz CT molecular complexity index is 619. The molecule has 35 heavy (non-hydrogen) atoms. The summed E-state index contributed by atoms with van der Waals surface area (Å²) in [7, 11) is 1.78. The Morgan fingerprint density at radius 3 is 2.17 bits per heavy atom. The van der Waals surface area contributed by atoms with E-state index in [0.717, 1.165) is 6.42 Å². The van der Waals surface area contributed by atoms with E-state index in [9.17, 15) is 9.59 Å². The van der Waals surface area contributed by atoms with Crippen LogP contribution in [0.15, 0.2) is 11.8 Å². The minimum Gasteiger partial charge on any atom is -0.444 e. The molecule has 0 aromatic rings. The first-order valence-electron chi connectivity index (χ1n) is 12.7. The number of rotatable bonds is 20. The standard InChI is InChI=1S/C25H47N3O7/c1-6-21(27-22-7-8-22)9-13-31-16-12-28(5)23(29)10-14-32-17-19-34-20-18-33-15-11-26-24(30)35-25(2,3)4/h9,22,27H,6-8,10-20H2,1-5H3,(H,26,30)/b21-9+. The average Bonchev–Trinajstić information content (AvgIpc) is 3.61. The van der Waals surface area contributed by atoms with E-state index in [2.05, 4.69) is 23.6 Å². The van der Waals surface area contributed by atoms with Gasteiger partial charge >= 0.3 is 6.09 Å². The van der Waals surface area contributed by atoms with Crippen LogP contribution in [0.5, 0.6) is 0 Å². The highest BCUT2D eigenvalue weighted by atomic mass is 16.6. The summed E-state index contributed by atoms with van der Waals surface area (Å²) in [4.78, 5) is 25.3. The van der Waals surface area contributed by atoms with Crippen LogP contribution in [0.3, 0.4) is 0 Å². The highest BCUT2D eigenvalue weighted by Gasteiger charge is 2.20. The van der Waals surface area contributed by atoms with Crippen LogP contribution in [-0.4, -0.2) is 102 Å². The van der Waals surface area contributed by atoms with Crippen molar-refractivity contribution >= 4 is 12.0 Å². The Morgan fingerprint density at radius 2 is 1.57 bits per heavy atom. The van der Waals surface area contributed by atoms with E-state index >= 15 is 0 Å². The fraction of sp³-hybridized carbons (Fsp3) is 0.840. The minimum atomic E-state index is -0.512. The van der Waals surface area contributed by atoms with Gasteiger partial charge in [0, 0.05) is 31.9 Å². The molecule has 0 radical (unpaired) electrons. The maximum Gasteiger partial charge on any atom is 0.407 e. The van der Waals surface area contributed by atoms with Crippen molar-refractivity contribution in [2.24, 2.45) is 0 Å². The second-order valence-electron chi connectivity index (χ2n) is 9.41. The van der Waals surface area contributed by atoms with Crippen LogP contribution in [0.2, 0.25) is 0 Å². The molecule has 204 valence electrons. The van der Waals surface area contributed by atoms with Gasteiger partial charge in [-0.3, -0.25) is 4.79 Å². The van der Waals surface area contributed by atoms with Crippen LogP contribution in [0.4, 0.5) is 4.79 Å². The highest BCUT2D eigenvalue weighted by Crippen LogP contribution is 2.20. The molecule has 0 spiro atoms. The summed E-state index contributed by atoms with van der Waals surface area (Å²) < 4.78 is 27.0. The molecule has 0 unspecified atom stereocenters. The molecule has 0 atom stereocenters. The fourth-order valence-corrected chi connectivity index (χ4v) is 2.80. The van der Waals surface area contributed by atoms with Crippen LogP contribution in [0.25, 0.3) is 0 Å². The first-order valence-corrected chi connectivity index (χ1v) is 12.7. The molecule has 2 amide bonds. The lowest BCUT2D eigenvalue weighted by atomic mass is 10.2. The third-order valence-corrected chi connectivity index (χ3v) is 4.91. The summed E-state index contributed by atoms with van der Waals surface area (Å²) in [6, 6.07) is 0.652. The van der Waals surface area contributed by atoms with Gasteiger partial charge in [-0.25, -0.2) is 4.79 Å². The van der Waals surface area contributed by atoms with E-state index in [-0.39, 0.29) is 5.91 Å².